The molecule has 1 radical (unpaired) electrons. The molecule has 0 spiro atoms. The molecule has 2 heterocycles. The van der Waals surface area contributed by atoms with Crippen molar-refractivity contribution in [1.82, 2.24) is 15.0 Å². The van der Waals surface area contributed by atoms with Gasteiger partial charge in [0.25, 0.3) is 0 Å². The van der Waals surface area contributed by atoms with Crippen LogP contribution in [0.2, 0.25) is 0 Å². The molecule has 0 aliphatic rings. The maximum Gasteiger partial charge on any atom is 0.225 e. The Balaban J connectivity index is 1.77. The first-order chi connectivity index (χ1) is 11.7. The average Bonchev–Trinajstić information content (AvgIpc) is 3.14. The number of nitrogen functional groups attached to an aromatic ring is 1. The Labute approximate surface area is 146 Å². The molecule has 3 rings (SSSR count). The zero-order valence-electron chi connectivity index (χ0n) is 13.6. The molecular formula is C18H20N5S. The number of nitrogens with zero attached hydrogens (tertiary/aromatic N) is 4. The lowest BCUT2D eigenvalue weighted by atomic mass is 10.2. The predicted octanol–water partition coefficient (Wildman–Crippen LogP) is 3.13. The Morgan fingerprint density at radius 3 is 2.50 bits per heavy atom. The van der Waals surface area contributed by atoms with Crippen molar-refractivity contribution in [3.8, 4) is 0 Å². The second-order valence-corrected chi connectivity index (χ2v) is 6.24. The molecule has 0 unspecified atom stereocenters. The fourth-order valence-electron chi connectivity index (χ4n) is 2.36. The quantitative estimate of drug-likeness (QED) is 0.670. The van der Waals surface area contributed by atoms with Gasteiger partial charge in [0.05, 0.1) is 5.69 Å². The van der Waals surface area contributed by atoms with E-state index in [-0.39, 0.29) is 0 Å². The number of nitrogens with two attached hydrogens (primary N) is 1. The monoisotopic (exact) mass is 338 g/mol. The molecule has 0 saturated carbocycles. The van der Waals surface area contributed by atoms with Gasteiger partial charge in [0.2, 0.25) is 5.95 Å². The van der Waals surface area contributed by atoms with Crippen molar-refractivity contribution >= 4 is 23.0 Å². The summed E-state index contributed by atoms with van der Waals surface area (Å²) in [6.07, 6.45) is 5.57. The van der Waals surface area contributed by atoms with Crippen LogP contribution in [0.1, 0.15) is 23.7 Å². The molecule has 0 aliphatic carbocycles. The standard InChI is InChI=1S/C18H20N5S/c1-2-14-9-20-18(21-10-14)23(8-7-17-12-24-13-22-17)11-15-3-5-16(19)6-4-15/h3-6,9-10,12H,2,7-8,11,19H2,1H3. The van der Waals surface area contributed by atoms with Crippen molar-refractivity contribution in [2.45, 2.75) is 26.3 Å². The summed E-state index contributed by atoms with van der Waals surface area (Å²) in [5.74, 6) is 0.739. The number of rotatable bonds is 7. The predicted molar refractivity (Wildman–Crippen MR) is 98.0 cm³/mol. The van der Waals surface area contributed by atoms with E-state index in [1.165, 1.54) is 16.9 Å². The summed E-state index contributed by atoms with van der Waals surface area (Å²) in [5, 5.41) is 2.03. The summed E-state index contributed by atoms with van der Waals surface area (Å²) in [4.78, 5) is 15.5. The fourth-order valence-corrected chi connectivity index (χ4v) is 2.89. The highest BCUT2D eigenvalue weighted by molar-refractivity contribution is 7.07. The molecule has 0 fully saturated rings. The zero-order valence-corrected chi connectivity index (χ0v) is 14.5. The van der Waals surface area contributed by atoms with E-state index in [1.54, 1.807) is 0 Å². The van der Waals surface area contributed by atoms with Crippen LogP contribution in [-0.4, -0.2) is 21.5 Å². The summed E-state index contributed by atoms with van der Waals surface area (Å²) in [6.45, 7) is 3.64. The summed E-state index contributed by atoms with van der Waals surface area (Å²) in [5.41, 5.74) is 12.8. The topological polar surface area (TPSA) is 67.9 Å². The van der Waals surface area contributed by atoms with Crippen molar-refractivity contribution in [3.05, 3.63) is 64.4 Å². The molecule has 123 valence electrons. The van der Waals surface area contributed by atoms with Crippen LogP contribution in [0.4, 0.5) is 11.6 Å². The second kappa shape index (κ2) is 7.88. The van der Waals surface area contributed by atoms with E-state index in [2.05, 4.69) is 32.3 Å². The number of hydrogen-bond acceptors (Lipinski definition) is 6. The molecule has 3 aromatic rings. The SMILES string of the molecule is CCc1cnc(N(CCc2cs[c]n2)Cc2ccc(N)cc2)nc1. The van der Waals surface area contributed by atoms with Crippen molar-refractivity contribution < 1.29 is 0 Å². The van der Waals surface area contributed by atoms with Gasteiger partial charge in [0.1, 0.15) is 0 Å². The maximum atomic E-state index is 5.77. The Hall–Kier alpha value is -2.47. The van der Waals surface area contributed by atoms with Gasteiger partial charge >= 0.3 is 0 Å². The van der Waals surface area contributed by atoms with Gasteiger partial charge in [-0.3, -0.25) is 0 Å². The number of benzene rings is 1. The minimum Gasteiger partial charge on any atom is -0.399 e. The van der Waals surface area contributed by atoms with Gasteiger partial charge in [-0.15, -0.1) is 11.3 Å². The molecule has 5 nitrogen and oxygen atoms in total. The van der Waals surface area contributed by atoms with Gasteiger partial charge in [-0.1, -0.05) is 19.1 Å². The number of hydrogen-bond donors (Lipinski definition) is 1. The average molecular weight is 338 g/mol. The number of thiazole rings is 1. The molecule has 0 bridgehead atoms. The highest BCUT2D eigenvalue weighted by atomic mass is 32.1. The Morgan fingerprint density at radius 1 is 1.12 bits per heavy atom. The lowest BCUT2D eigenvalue weighted by Gasteiger charge is -2.22. The van der Waals surface area contributed by atoms with Crippen molar-refractivity contribution in [1.29, 1.82) is 0 Å². The fraction of sp³-hybridized carbons (Fsp3) is 0.278. The maximum absolute atomic E-state index is 5.77. The second-order valence-electron chi connectivity index (χ2n) is 5.59. The lowest BCUT2D eigenvalue weighted by Crippen LogP contribution is -2.27. The van der Waals surface area contributed by atoms with Gasteiger partial charge in [-0.25, -0.2) is 15.0 Å². The van der Waals surface area contributed by atoms with Crippen LogP contribution in [-0.2, 0) is 19.4 Å². The molecule has 0 saturated heterocycles. The third-order valence-electron chi connectivity index (χ3n) is 3.81. The molecule has 1 aromatic carbocycles. The van der Waals surface area contributed by atoms with Gasteiger partial charge in [0.15, 0.2) is 5.51 Å². The van der Waals surface area contributed by atoms with Crippen LogP contribution >= 0.6 is 11.3 Å². The summed E-state index contributed by atoms with van der Waals surface area (Å²) < 4.78 is 0. The molecule has 2 N–H and O–H groups in total. The minimum atomic E-state index is 0.736. The first kappa shape index (κ1) is 16.4. The zero-order chi connectivity index (χ0) is 16.8. The minimum absolute atomic E-state index is 0.736. The molecule has 0 amide bonds. The van der Waals surface area contributed by atoms with Crippen LogP contribution in [0.3, 0.4) is 0 Å². The normalized spacial score (nSPS) is 10.7. The molecular weight excluding hydrogens is 318 g/mol. The highest BCUT2D eigenvalue weighted by Gasteiger charge is 2.11. The smallest absolute Gasteiger partial charge is 0.225 e. The van der Waals surface area contributed by atoms with Crippen molar-refractivity contribution in [2.24, 2.45) is 0 Å². The highest BCUT2D eigenvalue weighted by Crippen LogP contribution is 2.15. The first-order valence-corrected chi connectivity index (χ1v) is 8.83. The Bertz CT molecular complexity index is 738. The Kier molecular flexibility index (Phi) is 5.38. The third-order valence-corrected chi connectivity index (χ3v) is 4.40. The van der Waals surface area contributed by atoms with Crippen LogP contribution < -0.4 is 10.6 Å². The number of aryl methyl sites for hydroxylation is 1. The van der Waals surface area contributed by atoms with E-state index >= 15 is 0 Å². The number of anilines is 2. The summed E-state index contributed by atoms with van der Waals surface area (Å²) >= 11 is 1.50. The Morgan fingerprint density at radius 2 is 1.88 bits per heavy atom. The van der Waals surface area contributed by atoms with E-state index in [0.717, 1.165) is 48.8 Å². The van der Waals surface area contributed by atoms with Gasteiger partial charge in [-0.05, 0) is 29.7 Å². The van der Waals surface area contributed by atoms with Crippen LogP contribution in [0.25, 0.3) is 0 Å². The first-order valence-electron chi connectivity index (χ1n) is 7.95. The molecule has 2 aromatic heterocycles. The lowest BCUT2D eigenvalue weighted by molar-refractivity contribution is 0.742. The van der Waals surface area contributed by atoms with Gasteiger partial charge < -0.3 is 10.6 Å². The molecule has 24 heavy (non-hydrogen) atoms. The van der Waals surface area contributed by atoms with E-state index in [9.17, 15) is 0 Å². The molecule has 0 aliphatic heterocycles. The summed E-state index contributed by atoms with van der Waals surface area (Å²) in [6, 6.07) is 7.92. The van der Waals surface area contributed by atoms with Crippen molar-refractivity contribution in [2.75, 3.05) is 17.2 Å². The van der Waals surface area contributed by atoms with Crippen molar-refractivity contribution in [3.63, 3.8) is 0 Å². The van der Waals surface area contributed by atoms with E-state index in [4.69, 9.17) is 5.73 Å². The van der Waals surface area contributed by atoms with Gasteiger partial charge in [-0.2, -0.15) is 0 Å². The van der Waals surface area contributed by atoms with Crippen LogP contribution in [0, 0.1) is 5.51 Å². The summed E-state index contributed by atoms with van der Waals surface area (Å²) in [7, 11) is 0. The number of aromatic nitrogens is 3. The molecule has 6 heteroatoms. The van der Waals surface area contributed by atoms with Crippen LogP contribution in [0.15, 0.2) is 42.0 Å². The van der Waals surface area contributed by atoms with E-state index < -0.39 is 0 Å². The third kappa shape index (κ3) is 4.29. The van der Waals surface area contributed by atoms with Crippen LogP contribution in [0.5, 0.6) is 0 Å². The van der Waals surface area contributed by atoms with E-state index in [1.807, 2.05) is 42.0 Å². The largest absolute Gasteiger partial charge is 0.399 e. The molecule has 0 atom stereocenters. The van der Waals surface area contributed by atoms with Gasteiger partial charge in [0, 0.05) is 43.0 Å². The van der Waals surface area contributed by atoms with E-state index in [0.29, 0.717) is 0 Å².